The Hall–Kier alpha value is -1.37. The molecule has 0 N–H and O–H groups in total. The van der Waals surface area contributed by atoms with Crippen LogP contribution in [0, 0.1) is 6.92 Å². The third-order valence-electron chi connectivity index (χ3n) is 2.97. The van der Waals surface area contributed by atoms with Crippen LogP contribution in [0.15, 0.2) is 23.8 Å². The van der Waals surface area contributed by atoms with E-state index in [1.54, 1.807) is 0 Å². The maximum atomic E-state index is 10.7. The lowest BCUT2D eigenvalue weighted by atomic mass is 9.95. The van der Waals surface area contributed by atoms with E-state index in [1.807, 2.05) is 18.2 Å². The summed E-state index contributed by atoms with van der Waals surface area (Å²) in [5, 5.41) is 0. The number of allylic oxidation sites excluding steroid dienone is 2. The van der Waals surface area contributed by atoms with Crippen LogP contribution in [-0.4, -0.2) is 6.29 Å². The van der Waals surface area contributed by atoms with Crippen LogP contribution in [0.3, 0.4) is 0 Å². The molecular weight excluding hydrogens is 184 g/mol. The Kier molecular flexibility index (Phi) is 3.84. The lowest BCUT2D eigenvalue weighted by molar-refractivity contribution is 0.112. The lowest BCUT2D eigenvalue weighted by Gasteiger charge is -2.10. The molecule has 0 unspecified atom stereocenters. The fourth-order valence-electron chi connectivity index (χ4n) is 1.61. The van der Waals surface area contributed by atoms with Crippen molar-refractivity contribution in [2.24, 2.45) is 0 Å². The topological polar surface area (TPSA) is 17.1 Å². The van der Waals surface area contributed by atoms with Crippen LogP contribution in [-0.2, 0) is 0 Å². The highest BCUT2D eigenvalue weighted by atomic mass is 16.1. The summed E-state index contributed by atoms with van der Waals surface area (Å²) in [6.45, 7) is 8.49. The highest BCUT2D eigenvalue weighted by Gasteiger charge is 2.04. The van der Waals surface area contributed by atoms with Gasteiger partial charge in [0.1, 0.15) is 6.29 Å². The molecule has 0 heterocycles. The summed E-state index contributed by atoms with van der Waals surface area (Å²) < 4.78 is 0. The van der Waals surface area contributed by atoms with E-state index in [0.717, 1.165) is 18.3 Å². The molecule has 1 rings (SSSR count). The van der Waals surface area contributed by atoms with Gasteiger partial charge in [-0.3, -0.25) is 4.79 Å². The van der Waals surface area contributed by atoms with Gasteiger partial charge in [0.15, 0.2) is 0 Å². The van der Waals surface area contributed by atoms with Gasteiger partial charge in [0, 0.05) is 5.56 Å². The van der Waals surface area contributed by atoms with Gasteiger partial charge in [-0.2, -0.15) is 0 Å². The predicted octanol–water partition coefficient (Wildman–Crippen LogP) is 4.01. The normalized spacial score (nSPS) is 12.3. The van der Waals surface area contributed by atoms with Crippen LogP contribution in [0.4, 0.5) is 0 Å². The molecule has 0 spiro atoms. The molecule has 0 aliphatic carbocycles. The van der Waals surface area contributed by atoms with Gasteiger partial charge in [0.25, 0.3) is 0 Å². The minimum absolute atomic E-state index is 0.749. The van der Waals surface area contributed by atoms with Crippen molar-refractivity contribution in [3.63, 3.8) is 0 Å². The molecule has 1 aromatic carbocycles. The summed E-state index contributed by atoms with van der Waals surface area (Å²) in [6, 6.07) is 5.84. The first-order valence-electron chi connectivity index (χ1n) is 5.32. The summed E-state index contributed by atoms with van der Waals surface area (Å²) in [5.74, 6) is 0. The third kappa shape index (κ3) is 2.56. The molecule has 1 heteroatoms. The van der Waals surface area contributed by atoms with E-state index in [1.165, 1.54) is 22.3 Å². The molecule has 1 nitrogen and oxygen atoms in total. The van der Waals surface area contributed by atoms with Gasteiger partial charge >= 0.3 is 0 Å². The number of aldehydes is 1. The molecule has 0 aliphatic heterocycles. The largest absolute Gasteiger partial charge is 0.298 e. The summed E-state index contributed by atoms with van der Waals surface area (Å²) in [6.07, 6.45) is 1.95. The fourth-order valence-corrected chi connectivity index (χ4v) is 1.61. The van der Waals surface area contributed by atoms with Crippen LogP contribution >= 0.6 is 0 Å². The van der Waals surface area contributed by atoms with Crippen molar-refractivity contribution in [3.8, 4) is 0 Å². The molecule has 0 aliphatic rings. The molecule has 0 atom stereocenters. The molecule has 0 saturated heterocycles. The van der Waals surface area contributed by atoms with Crippen molar-refractivity contribution in [1.29, 1.82) is 0 Å². The molecule has 0 saturated carbocycles. The van der Waals surface area contributed by atoms with E-state index in [-0.39, 0.29) is 0 Å². The average Bonchev–Trinajstić information content (AvgIpc) is 2.27. The second-order valence-corrected chi connectivity index (χ2v) is 3.95. The maximum absolute atomic E-state index is 10.7. The van der Waals surface area contributed by atoms with Gasteiger partial charge in [-0.25, -0.2) is 0 Å². The minimum atomic E-state index is 0.749. The van der Waals surface area contributed by atoms with Crippen LogP contribution in [0.1, 0.15) is 48.7 Å². The first kappa shape index (κ1) is 11.7. The molecular formula is C14H18O. The molecule has 15 heavy (non-hydrogen) atoms. The molecule has 0 radical (unpaired) electrons. The Morgan fingerprint density at radius 3 is 2.53 bits per heavy atom. The number of benzene rings is 1. The molecule has 80 valence electrons. The molecule has 0 aromatic heterocycles. The minimum Gasteiger partial charge on any atom is -0.298 e. The van der Waals surface area contributed by atoms with E-state index >= 15 is 0 Å². The summed E-state index contributed by atoms with van der Waals surface area (Å²) >= 11 is 0. The number of rotatable bonds is 3. The zero-order valence-corrected chi connectivity index (χ0v) is 9.92. The smallest absolute Gasteiger partial charge is 0.150 e. The first-order chi connectivity index (χ1) is 7.10. The van der Waals surface area contributed by atoms with Gasteiger partial charge in [-0.1, -0.05) is 24.6 Å². The van der Waals surface area contributed by atoms with Crippen molar-refractivity contribution >= 4 is 11.9 Å². The third-order valence-corrected chi connectivity index (χ3v) is 2.97. The van der Waals surface area contributed by atoms with Crippen molar-refractivity contribution in [2.45, 2.75) is 34.1 Å². The summed E-state index contributed by atoms with van der Waals surface area (Å²) in [4.78, 5) is 10.7. The van der Waals surface area contributed by atoms with Gasteiger partial charge in [-0.15, -0.1) is 0 Å². The number of aryl methyl sites for hydroxylation is 1. The van der Waals surface area contributed by atoms with Crippen LogP contribution < -0.4 is 0 Å². The van der Waals surface area contributed by atoms with E-state index < -0.39 is 0 Å². The standard InChI is InChI=1S/C14H18O/c1-5-10(2)12(4)14-8-13(9-15)7-6-11(14)3/h6-9H,5H2,1-4H3/b12-10-. The summed E-state index contributed by atoms with van der Waals surface area (Å²) in [7, 11) is 0. The van der Waals surface area contributed by atoms with Crippen molar-refractivity contribution in [2.75, 3.05) is 0 Å². The second kappa shape index (κ2) is 4.92. The van der Waals surface area contributed by atoms with Gasteiger partial charge in [0.2, 0.25) is 0 Å². The second-order valence-electron chi connectivity index (χ2n) is 3.95. The quantitative estimate of drug-likeness (QED) is 0.677. The van der Waals surface area contributed by atoms with Gasteiger partial charge in [-0.05, 0) is 50.0 Å². The Labute approximate surface area is 91.8 Å². The first-order valence-corrected chi connectivity index (χ1v) is 5.32. The van der Waals surface area contributed by atoms with Crippen LogP contribution in [0.5, 0.6) is 0 Å². The average molecular weight is 202 g/mol. The number of hydrogen-bond donors (Lipinski definition) is 0. The van der Waals surface area contributed by atoms with Crippen molar-refractivity contribution in [1.82, 2.24) is 0 Å². The Morgan fingerprint density at radius 1 is 1.33 bits per heavy atom. The van der Waals surface area contributed by atoms with E-state index in [4.69, 9.17) is 0 Å². The Bertz CT molecular complexity index is 400. The highest BCUT2D eigenvalue weighted by molar-refractivity contribution is 5.79. The van der Waals surface area contributed by atoms with Gasteiger partial charge in [0.05, 0.1) is 0 Å². The van der Waals surface area contributed by atoms with Crippen molar-refractivity contribution in [3.05, 3.63) is 40.5 Å². The number of carbonyl (C=O) groups is 1. The monoisotopic (exact) mass is 202 g/mol. The molecule has 0 amide bonds. The van der Waals surface area contributed by atoms with E-state index in [0.29, 0.717) is 0 Å². The Morgan fingerprint density at radius 2 is 2.00 bits per heavy atom. The molecule has 0 fully saturated rings. The predicted molar refractivity (Wildman–Crippen MR) is 65.1 cm³/mol. The van der Waals surface area contributed by atoms with Gasteiger partial charge < -0.3 is 0 Å². The molecule has 1 aromatic rings. The number of carbonyl (C=O) groups excluding carboxylic acids is 1. The highest BCUT2D eigenvalue weighted by Crippen LogP contribution is 2.23. The van der Waals surface area contributed by atoms with E-state index in [9.17, 15) is 4.79 Å². The lowest BCUT2D eigenvalue weighted by Crippen LogP contribution is -1.91. The maximum Gasteiger partial charge on any atom is 0.150 e. The van der Waals surface area contributed by atoms with Crippen molar-refractivity contribution < 1.29 is 4.79 Å². The zero-order chi connectivity index (χ0) is 11.4. The zero-order valence-electron chi connectivity index (χ0n) is 9.92. The fraction of sp³-hybridized carbons (Fsp3) is 0.357. The number of hydrogen-bond acceptors (Lipinski definition) is 1. The van der Waals surface area contributed by atoms with E-state index in [2.05, 4.69) is 27.7 Å². The molecule has 0 bridgehead atoms. The summed E-state index contributed by atoms with van der Waals surface area (Å²) in [5.41, 5.74) is 5.84. The Balaban J connectivity index is 3.30. The SMILES string of the molecule is CC/C(C)=C(/C)c1cc(C=O)ccc1C. The van der Waals surface area contributed by atoms with Crippen LogP contribution in [0.25, 0.3) is 5.57 Å². The van der Waals surface area contributed by atoms with Crippen LogP contribution in [0.2, 0.25) is 0 Å².